The van der Waals surface area contributed by atoms with E-state index >= 15 is 0 Å². The monoisotopic (exact) mass is 313 g/mol. The first-order valence-electron chi connectivity index (χ1n) is 6.87. The van der Waals surface area contributed by atoms with Gasteiger partial charge in [0.05, 0.1) is 17.9 Å². The number of thiazole rings is 1. The summed E-state index contributed by atoms with van der Waals surface area (Å²) in [5.74, 6) is -0.0659. The lowest BCUT2D eigenvalue weighted by Crippen LogP contribution is -2.22. The van der Waals surface area contributed by atoms with E-state index < -0.39 is 0 Å². The molecule has 1 aromatic carbocycles. The van der Waals surface area contributed by atoms with Crippen LogP contribution in [0.4, 0.5) is 0 Å². The Morgan fingerprint density at radius 2 is 2.05 bits per heavy atom. The van der Waals surface area contributed by atoms with Crippen LogP contribution in [0.25, 0.3) is 11.3 Å². The van der Waals surface area contributed by atoms with Gasteiger partial charge in [0.25, 0.3) is 5.91 Å². The van der Waals surface area contributed by atoms with Crippen molar-refractivity contribution in [1.29, 1.82) is 0 Å². The van der Waals surface area contributed by atoms with Gasteiger partial charge < -0.3 is 9.84 Å². The average molecular weight is 313 g/mol. The highest BCUT2D eigenvalue weighted by molar-refractivity contribution is 7.12. The lowest BCUT2D eigenvalue weighted by Gasteiger charge is -1.99. The summed E-state index contributed by atoms with van der Waals surface area (Å²) in [6.07, 6.45) is 0. The second-order valence-electron chi connectivity index (χ2n) is 4.89. The number of carbonyl (C=O) groups excluding carboxylic acids is 1. The number of aryl methyl sites for hydroxylation is 2. The van der Waals surface area contributed by atoms with E-state index in [1.807, 2.05) is 37.3 Å². The maximum Gasteiger partial charge on any atom is 0.290 e. The van der Waals surface area contributed by atoms with Crippen LogP contribution >= 0.6 is 11.3 Å². The van der Waals surface area contributed by atoms with Crippen molar-refractivity contribution in [3.8, 4) is 11.3 Å². The zero-order valence-corrected chi connectivity index (χ0v) is 13.1. The van der Waals surface area contributed by atoms with Crippen LogP contribution in [0, 0.1) is 13.8 Å². The first kappa shape index (κ1) is 14.5. The Morgan fingerprint density at radius 3 is 2.73 bits per heavy atom. The summed E-state index contributed by atoms with van der Waals surface area (Å²) in [6.45, 7) is 4.18. The van der Waals surface area contributed by atoms with E-state index in [-0.39, 0.29) is 11.7 Å². The molecule has 22 heavy (non-hydrogen) atoms. The van der Waals surface area contributed by atoms with E-state index in [0.717, 1.165) is 21.1 Å². The van der Waals surface area contributed by atoms with E-state index in [4.69, 9.17) is 4.52 Å². The molecule has 0 aliphatic heterocycles. The van der Waals surface area contributed by atoms with Gasteiger partial charge in [-0.05, 0) is 13.8 Å². The van der Waals surface area contributed by atoms with Crippen LogP contribution in [-0.4, -0.2) is 16.0 Å². The lowest BCUT2D eigenvalue weighted by molar-refractivity contribution is 0.0914. The Bertz CT molecular complexity index is 793. The molecule has 0 bridgehead atoms. The van der Waals surface area contributed by atoms with Gasteiger partial charge in [0.1, 0.15) is 5.01 Å². The summed E-state index contributed by atoms with van der Waals surface area (Å²) in [7, 11) is 0. The predicted octanol–water partition coefficient (Wildman–Crippen LogP) is 3.34. The predicted molar refractivity (Wildman–Crippen MR) is 84.7 cm³/mol. The van der Waals surface area contributed by atoms with Gasteiger partial charge in [-0.25, -0.2) is 4.98 Å². The molecule has 0 atom stereocenters. The van der Waals surface area contributed by atoms with Crippen molar-refractivity contribution in [3.63, 3.8) is 0 Å². The minimum atomic E-state index is -0.283. The van der Waals surface area contributed by atoms with Crippen molar-refractivity contribution in [1.82, 2.24) is 15.5 Å². The molecular formula is C16H15N3O2S. The number of carbonyl (C=O) groups is 1. The molecule has 2 aromatic heterocycles. The number of benzene rings is 1. The highest BCUT2D eigenvalue weighted by Crippen LogP contribution is 2.27. The maximum atomic E-state index is 11.9. The minimum absolute atomic E-state index is 0.217. The van der Waals surface area contributed by atoms with E-state index in [1.54, 1.807) is 24.3 Å². The van der Waals surface area contributed by atoms with Gasteiger partial charge in [0, 0.05) is 16.5 Å². The summed E-state index contributed by atoms with van der Waals surface area (Å²) in [6, 6.07) is 11.6. The molecule has 1 amide bonds. The molecule has 0 aliphatic carbocycles. The highest BCUT2D eigenvalue weighted by atomic mass is 32.1. The van der Waals surface area contributed by atoms with Crippen molar-refractivity contribution in [2.45, 2.75) is 20.4 Å². The Hall–Kier alpha value is -2.47. The quantitative estimate of drug-likeness (QED) is 0.802. The SMILES string of the molecule is Cc1cc(C(=O)NCc2nc(-c3ccccc3)c(C)s2)on1. The number of amides is 1. The number of nitrogens with zero attached hydrogens (tertiary/aromatic N) is 2. The summed E-state index contributed by atoms with van der Waals surface area (Å²) in [5, 5.41) is 7.36. The maximum absolute atomic E-state index is 11.9. The van der Waals surface area contributed by atoms with Crippen LogP contribution in [0.1, 0.15) is 26.1 Å². The van der Waals surface area contributed by atoms with Crippen LogP contribution in [-0.2, 0) is 6.54 Å². The molecule has 3 aromatic rings. The number of rotatable bonds is 4. The van der Waals surface area contributed by atoms with E-state index in [2.05, 4.69) is 15.5 Å². The molecule has 0 saturated carbocycles. The third-order valence-corrected chi connectivity index (χ3v) is 4.11. The van der Waals surface area contributed by atoms with Gasteiger partial charge in [-0.2, -0.15) is 0 Å². The Balaban J connectivity index is 1.70. The van der Waals surface area contributed by atoms with Crippen LogP contribution < -0.4 is 5.32 Å². The highest BCUT2D eigenvalue weighted by Gasteiger charge is 2.13. The third-order valence-electron chi connectivity index (χ3n) is 3.14. The van der Waals surface area contributed by atoms with Crippen LogP contribution in [0.2, 0.25) is 0 Å². The zero-order chi connectivity index (χ0) is 15.5. The number of hydrogen-bond acceptors (Lipinski definition) is 5. The second kappa shape index (κ2) is 6.11. The van der Waals surface area contributed by atoms with Gasteiger partial charge in [-0.15, -0.1) is 11.3 Å². The fraction of sp³-hybridized carbons (Fsp3) is 0.188. The van der Waals surface area contributed by atoms with Crippen molar-refractivity contribution >= 4 is 17.2 Å². The fourth-order valence-corrected chi connectivity index (χ4v) is 3.00. The first-order valence-corrected chi connectivity index (χ1v) is 7.68. The first-order chi connectivity index (χ1) is 10.6. The topological polar surface area (TPSA) is 68.0 Å². The summed E-state index contributed by atoms with van der Waals surface area (Å²) in [4.78, 5) is 17.7. The molecule has 0 fully saturated rings. The standard InChI is InChI=1S/C16H15N3O2S/c1-10-8-13(21-19-10)16(20)17-9-14-18-15(11(2)22-14)12-6-4-3-5-7-12/h3-8H,9H2,1-2H3,(H,17,20). The average Bonchev–Trinajstić information content (AvgIpc) is 3.12. The lowest BCUT2D eigenvalue weighted by atomic mass is 10.1. The summed E-state index contributed by atoms with van der Waals surface area (Å²) in [5.41, 5.74) is 2.73. The largest absolute Gasteiger partial charge is 0.351 e. The zero-order valence-electron chi connectivity index (χ0n) is 12.3. The Kier molecular flexibility index (Phi) is 4.02. The van der Waals surface area contributed by atoms with E-state index in [1.165, 1.54) is 0 Å². The van der Waals surface area contributed by atoms with E-state index in [9.17, 15) is 4.79 Å². The third kappa shape index (κ3) is 3.07. The van der Waals surface area contributed by atoms with E-state index in [0.29, 0.717) is 12.2 Å². The number of aromatic nitrogens is 2. The van der Waals surface area contributed by atoms with Crippen molar-refractivity contribution in [2.24, 2.45) is 0 Å². The van der Waals surface area contributed by atoms with Crippen LogP contribution in [0.5, 0.6) is 0 Å². The van der Waals surface area contributed by atoms with Crippen molar-refractivity contribution < 1.29 is 9.32 Å². The molecular weight excluding hydrogens is 298 g/mol. The molecule has 1 N–H and O–H groups in total. The van der Waals surface area contributed by atoms with Gasteiger partial charge in [-0.3, -0.25) is 4.79 Å². The summed E-state index contributed by atoms with van der Waals surface area (Å²) >= 11 is 1.58. The van der Waals surface area contributed by atoms with Gasteiger partial charge in [0.2, 0.25) is 5.76 Å². The molecule has 0 radical (unpaired) electrons. The second-order valence-corrected chi connectivity index (χ2v) is 6.18. The molecule has 2 heterocycles. The molecule has 5 nitrogen and oxygen atoms in total. The minimum Gasteiger partial charge on any atom is -0.351 e. The van der Waals surface area contributed by atoms with Crippen LogP contribution in [0.15, 0.2) is 40.9 Å². The molecule has 0 saturated heterocycles. The number of hydrogen-bond donors (Lipinski definition) is 1. The molecule has 0 spiro atoms. The van der Waals surface area contributed by atoms with Crippen molar-refractivity contribution in [3.05, 3.63) is 57.7 Å². The molecule has 3 rings (SSSR count). The van der Waals surface area contributed by atoms with Crippen molar-refractivity contribution in [2.75, 3.05) is 0 Å². The van der Waals surface area contributed by atoms with Crippen LogP contribution in [0.3, 0.4) is 0 Å². The Morgan fingerprint density at radius 1 is 1.27 bits per heavy atom. The number of nitrogens with one attached hydrogen (secondary N) is 1. The molecule has 0 aliphatic rings. The normalized spacial score (nSPS) is 10.6. The Labute approximate surface area is 132 Å². The van der Waals surface area contributed by atoms with Gasteiger partial charge in [-0.1, -0.05) is 35.5 Å². The smallest absolute Gasteiger partial charge is 0.290 e. The van der Waals surface area contributed by atoms with Gasteiger partial charge in [0.15, 0.2) is 0 Å². The molecule has 112 valence electrons. The van der Waals surface area contributed by atoms with Gasteiger partial charge >= 0.3 is 0 Å². The molecule has 0 unspecified atom stereocenters. The molecule has 6 heteroatoms. The fourth-order valence-electron chi connectivity index (χ4n) is 2.10. The summed E-state index contributed by atoms with van der Waals surface area (Å²) < 4.78 is 4.93.